The Hall–Kier alpha value is -1.92. The summed E-state index contributed by atoms with van der Waals surface area (Å²) < 4.78 is 5.49. The Labute approximate surface area is 172 Å². The highest BCUT2D eigenvalue weighted by atomic mass is 32.1. The smallest absolute Gasteiger partial charge is 0.225 e. The third-order valence-electron chi connectivity index (χ3n) is 5.38. The van der Waals surface area contributed by atoms with Crippen LogP contribution in [0.5, 0.6) is 5.75 Å². The van der Waals surface area contributed by atoms with Crippen molar-refractivity contribution in [1.29, 1.82) is 0 Å². The Morgan fingerprint density at radius 1 is 1.32 bits per heavy atom. The predicted octanol–water partition coefficient (Wildman–Crippen LogP) is 4.27. The highest BCUT2D eigenvalue weighted by Gasteiger charge is 2.33. The van der Waals surface area contributed by atoms with Gasteiger partial charge in [-0.25, -0.2) is 4.98 Å². The average Bonchev–Trinajstić information content (AvgIpc) is 3.21. The molecule has 2 heterocycles. The zero-order valence-corrected chi connectivity index (χ0v) is 18.1. The maximum Gasteiger partial charge on any atom is 0.225 e. The maximum absolute atomic E-state index is 12.6. The zero-order valence-electron chi connectivity index (χ0n) is 17.3. The number of nitrogens with one attached hydrogen (secondary N) is 1. The van der Waals surface area contributed by atoms with Gasteiger partial charge < -0.3 is 10.1 Å². The molecule has 1 atom stereocenters. The van der Waals surface area contributed by atoms with E-state index in [1.165, 1.54) is 5.56 Å². The summed E-state index contributed by atoms with van der Waals surface area (Å²) in [7, 11) is 1.72. The van der Waals surface area contributed by atoms with Crippen LogP contribution < -0.4 is 10.1 Å². The summed E-state index contributed by atoms with van der Waals surface area (Å²) in [6.07, 6.45) is 3.92. The number of ether oxygens (including phenoxy) is 1. The van der Waals surface area contributed by atoms with Crippen LogP contribution in [0.4, 0.5) is 0 Å². The van der Waals surface area contributed by atoms with Gasteiger partial charge in [0.25, 0.3) is 0 Å². The molecule has 28 heavy (non-hydrogen) atoms. The second-order valence-corrected chi connectivity index (χ2v) is 9.42. The summed E-state index contributed by atoms with van der Waals surface area (Å²) in [4.78, 5) is 19.6. The lowest BCUT2D eigenvalue weighted by Gasteiger charge is -2.36. The Morgan fingerprint density at radius 2 is 2.04 bits per heavy atom. The number of carbonyl (C=O) groups is 1. The molecule has 2 aromatic rings. The molecule has 1 fully saturated rings. The molecule has 1 aromatic carbocycles. The SMILES string of the molecule is COc1ccccc1CN1CCC(C(NC(=O)C(C)(C)C)c2nccs2)CC1. The van der Waals surface area contributed by atoms with Crippen LogP contribution in [0.25, 0.3) is 0 Å². The number of para-hydroxylation sites is 1. The van der Waals surface area contributed by atoms with Crippen LogP contribution >= 0.6 is 11.3 Å². The summed E-state index contributed by atoms with van der Waals surface area (Å²) in [5, 5.41) is 6.29. The molecule has 0 saturated carbocycles. The molecular formula is C22H31N3O2S. The number of piperidine rings is 1. The summed E-state index contributed by atoms with van der Waals surface area (Å²) in [5.41, 5.74) is 0.820. The molecule has 1 unspecified atom stereocenters. The van der Waals surface area contributed by atoms with Crippen LogP contribution in [0.1, 0.15) is 50.2 Å². The molecule has 1 saturated heterocycles. The van der Waals surface area contributed by atoms with Crippen molar-refractivity contribution in [3.05, 3.63) is 46.4 Å². The van der Waals surface area contributed by atoms with Crippen LogP contribution in [0, 0.1) is 11.3 Å². The van der Waals surface area contributed by atoms with E-state index >= 15 is 0 Å². The van der Waals surface area contributed by atoms with E-state index in [0.29, 0.717) is 5.92 Å². The number of thiazole rings is 1. The lowest BCUT2D eigenvalue weighted by atomic mass is 9.87. The van der Waals surface area contributed by atoms with E-state index in [2.05, 4.69) is 27.3 Å². The van der Waals surface area contributed by atoms with Crippen molar-refractivity contribution in [3.8, 4) is 5.75 Å². The number of likely N-dealkylation sites (tertiary alicyclic amines) is 1. The average molecular weight is 402 g/mol. The van der Waals surface area contributed by atoms with Crippen LogP contribution in [-0.2, 0) is 11.3 Å². The number of nitrogens with zero attached hydrogens (tertiary/aromatic N) is 2. The number of hydrogen-bond donors (Lipinski definition) is 1. The molecule has 5 nitrogen and oxygen atoms in total. The quantitative estimate of drug-likeness (QED) is 0.785. The largest absolute Gasteiger partial charge is 0.496 e. The monoisotopic (exact) mass is 401 g/mol. The first-order valence-corrected chi connectivity index (χ1v) is 10.8. The van der Waals surface area contributed by atoms with Gasteiger partial charge in [-0.1, -0.05) is 39.0 Å². The molecule has 0 radical (unpaired) electrons. The van der Waals surface area contributed by atoms with Crippen molar-refractivity contribution in [3.63, 3.8) is 0 Å². The van der Waals surface area contributed by atoms with E-state index in [-0.39, 0.29) is 11.9 Å². The van der Waals surface area contributed by atoms with Gasteiger partial charge in [-0.2, -0.15) is 0 Å². The van der Waals surface area contributed by atoms with Crippen molar-refractivity contribution >= 4 is 17.2 Å². The molecule has 3 rings (SSSR count). The fourth-order valence-corrected chi connectivity index (χ4v) is 4.43. The number of aromatic nitrogens is 1. The third-order valence-corrected chi connectivity index (χ3v) is 6.23. The van der Waals surface area contributed by atoms with Gasteiger partial charge in [-0.05, 0) is 37.9 Å². The predicted molar refractivity (Wildman–Crippen MR) is 113 cm³/mol. The van der Waals surface area contributed by atoms with E-state index in [0.717, 1.165) is 43.2 Å². The van der Waals surface area contributed by atoms with Crippen molar-refractivity contribution < 1.29 is 9.53 Å². The van der Waals surface area contributed by atoms with Crippen LogP contribution in [0.15, 0.2) is 35.8 Å². The van der Waals surface area contributed by atoms with Crippen LogP contribution in [-0.4, -0.2) is 36.0 Å². The van der Waals surface area contributed by atoms with Gasteiger partial charge in [0.2, 0.25) is 5.91 Å². The fourth-order valence-electron chi connectivity index (χ4n) is 3.65. The standard InChI is InChI=1S/C22H31N3O2S/c1-22(2,3)21(26)24-19(20-23-11-14-28-20)16-9-12-25(13-10-16)15-17-7-5-6-8-18(17)27-4/h5-8,11,14,16,19H,9-10,12-13,15H2,1-4H3,(H,24,26). The summed E-state index contributed by atoms with van der Waals surface area (Å²) in [6, 6.07) is 8.21. The van der Waals surface area contributed by atoms with Crippen molar-refractivity contribution in [1.82, 2.24) is 15.2 Å². The van der Waals surface area contributed by atoms with Gasteiger partial charge >= 0.3 is 0 Å². The maximum atomic E-state index is 12.6. The summed E-state index contributed by atoms with van der Waals surface area (Å²) >= 11 is 1.63. The van der Waals surface area contributed by atoms with E-state index in [4.69, 9.17) is 4.74 Å². The molecule has 0 spiro atoms. The van der Waals surface area contributed by atoms with E-state index in [9.17, 15) is 4.79 Å². The Bertz CT molecular complexity index is 762. The van der Waals surface area contributed by atoms with E-state index in [1.807, 2.05) is 44.5 Å². The van der Waals surface area contributed by atoms with E-state index < -0.39 is 5.41 Å². The van der Waals surface area contributed by atoms with Gasteiger partial charge in [-0.3, -0.25) is 9.69 Å². The van der Waals surface area contributed by atoms with Gasteiger partial charge in [-0.15, -0.1) is 11.3 Å². The molecular weight excluding hydrogens is 370 g/mol. The molecule has 1 aliphatic rings. The minimum atomic E-state index is -0.403. The molecule has 6 heteroatoms. The number of benzene rings is 1. The van der Waals surface area contributed by atoms with Crippen molar-refractivity contribution in [2.24, 2.45) is 11.3 Å². The third kappa shape index (κ3) is 5.11. The minimum Gasteiger partial charge on any atom is -0.496 e. The second-order valence-electron chi connectivity index (χ2n) is 8.50. The minimum absolute atomic E-state index is 0.000126. The molecule has 1 N–H and O–H groups in total. The van der Waals surface area contributed by atoms with Gasteiger partial charge in [0.05, 0.1) is 13.2 Å². The molecule has 1 amide bonds. The molecule has 1 aliphatic heterocycles. The number of rotatable bonds is 6. The number of hydrogen-bond acceptors (Lipinski definition) is 5. The lowest BCUT2D eigenvalue weighted by Crippen LogP contribution is -2.43. The van der Waals surface area contributed by atoms with Gasteiger partial charge in [0.15, 0.2) is 0 Å². The summed E-state index contributed by atoms with van der Waals surface area (Å²) in [6.45, 7) is 8.78. The van der Waals surface area contributed by atoms with Crippen molar-refractivity contribution in [2.75, 3.05) is 20.2 Å². The second kappa shape index (κ2) is 9.05. The fraction of sp³-hybridized carbons (Fsp3) is 0.545. The van der Waals surface area contributed by atoms with E-state index in [1.54, 1.807) is 18.4 Å². The van der Waals surface area contributed by atoms with Crippen LogP contribution in [0.3, 0.4) is 0 Å². The molecule has 152 valence electrons. The Morgan fingerprint density at radius 3 is 2.64 bits per heavy atom. The molecule has 1 aromatic heterocycles. The first-order chi connectivity index (χ1) is 13.4. The lowest BCUT2D eigenvalue weighted by molar-refractivity contribution is -0.129. The highest BCUT2D eigenvalue weighted by molar-refractivity contribution is 7.09. The highest BCUT2D eigenvalue weighted by Crippen LogP contribution is 2.33. The first kappa shape index (κ1) is 20.8. The molecule has 0 bridgehead atoms. The van der Waals surface area contributed by atoms with Gasteiger partial charge in [0, 0.05) is 29.1 Å². The van der Waals surface area contributed by atoms with Gasteiger partial charge in [0.1, 0.15) is 10.8 Å². The number of methoxy groups -OCH3 is 1. The Balaban J connectivity index is 1.64. The topological polar surface area (TPSA) is 54.5 Å². The Kier molecular flexibility index (Phi) is 6.73. The van der Waals surface area contributed by atoms with Crippen LogP contribution in [0.2, 0.25) is 0 Å². The molecule has 0 aliphatic carbocycles. The normalized spacial score (nSPS) is 17.3. The zero-order chi connectivity index (χ0) is 20.1. The number of carbonyl (C=O) groups excluding carboxylic acids is 1. The summed E-state index contributed by atoms with van der Waals surface area (Å²) in [5.74, 6) is 1.44. The number of amides is 1. The van der Waals surface area contributed by atoms with Crippen molar-refractivity contribution in [2.45, 2.75) is 46.2 Å². The first-order valence-electron chi connectivity index (χ1n) is 9.93.